The third kappa shape index (κ3) is 4.01. The zero-order chi connectivity index (χ0) is 18.8. The van der Waals surface area contributed by atoms with Crippen LogP contribution in [0.4, 0.5) is 0 Å². The van der Waals surface area contributed by atoms with Gasteiger partial charge in [-0.15, -0.1) is 16.4 Å². The molecule has 1 aliphatic carbocycles. The van der Waals surface area contributed by atoms with Gasteiger partial charge in [0, 0.05) is 16.4 Å². The molecule has 1 aliphatic rings. The van der Waals surface area contributed by atoms with Crippen LogP contribution in [0.25, 0.3) is 10.2 Å². The van der Waals surface area contributed by atoms with E-state index in [1.54, 1.807) is 11.3 Å². The Morgan fingerprint density at radius 2 is 2.11 bits per heavy atom. The van der Waals surface area contributed by atoms with Crippen LogP contribution in [0.1, 0.15) is 36.6 Å². The second-order valence-electron chi connectivity index (χ2n) is 7.16. The molecule has 0 aliphatic heterocycles. The van der Waals surface area contributed by atoms with Crippen LogP contribution in [-0.2, 0) is 19.4 Å². The number of nitrogens with zero attached hydrogens (tertiary/aromatic N) is 3. The number of fused-ring (bicyclic) bond motifs is 3. The van der Waals surface area contributed by atoms with Crippen molar-refractivity contribution in [3.8, 4) is 5.75 Å². The lowest BCUT2D eigenvalue weighted by Gasteiger charge is -2.17. The van der Waals surface area contributed by atoms with Crippen molar-refractivity contribution in [1.29, 1.82) is 0 Å². The van der Waals surface area contributed by atoms with E-state index < -0.39 is 0 Å². The van der Waals surface area contributed by atoms with Crippen LogP contribution in [0.3, 0.4) is 0 Å². The van der Waals surface area contributed by atoms with Gasteiger partial charge in [-0.05, 0) is 67.9 Å². The van der Waals surface area contributed by atoms with Crippen LogP contribution >= 0.6 is 22.9 Å². The maximum absolute atomic E-state index is 12.9. The molecule has 2 heterocycles. The molecule has 0 saturated carbocycles. The fraction of sp³-hybridized carbons (Fsp3) is 0.450. The Labute approximate surface area is 166 Å². The lowest BCUT2D eigenvalue weighted by molar-refractivity contribution is 0.300. The highest BCUT2D eigenvalue weighted by atomic mass is 35.5. The SMILES string of the molecule is C[C@@H]1CCc2c(sc3nnn(CCCCOc4ccc(Cl)cc4)c(=O)c23)C1. The first kappa shape index (κ1) is 18.4. The second-order valence-corrected chi connectivity index (χ2v) is 8.68. The summed E-state index contributed by atoms with van der Waals surface area (Å²) < 4.78 is 7.20. The van der Waals surface area contributed by atoms with E-state index in [2.05, 4.69) is 17.2 Å². The molecule has 27 heavy (non-hydrogen) atoms. The van der Waals surface area contributed by atoms with E-state index in [9.17, 15) is 4.79 Å². The third-order valence-electron chi connectivity index (χ3n) is 5.03. The van der Waals surface area contributed by atoms with Crippen LogP contribution in [0, 0.1) is 5.92 Å². The zero-order valence-corrected chi connectivity index (χ0v) is 16.9. The molecule has 3 aromatic rings. The van der Waals surface area contributed by atoms with E-state index in [-0.39, 0.29) is 5.56 Å². The minimum atomic E-state index is 0.00525. The van der Waals surface area contributed by atoms with Crippen LogP contribution in [-0.4, -0.2) is 21.6 Å². The van der Waals surface area contributed by atoms with Gasteiger partial charge >= 0.3 is 0 Å². The van der Waals surface area contributed by atoms with E-state index in [1.807, 2.05) is 24.3 Å². The molecule has 0 spiro atoms. The molecule has 1 atom stereocenters. The van der Waals surface area contributed by atoms with Crippen LogP contribution in [0.5, 0.6) is 5.75 Å². The number of benzene rings is 1. The molecule has 0 fully saturated rings. The lowest BCUT2D eigenvalue weighted by Crippen LogP contribution is -2.25. The molecule has 0 saturated heterocycles. The van der Waals surface area contributed by atoms with Crippen molar-refractivity contribution < 1.29 is 4.74 Å². The summed E-state index contributed by atoms with van der Waals surface area (Å²) in [6, 6.07) is 7.33. The molecule has 0 bridgehead atoms. The van der Waals surface area contributed by atoms with E-state index in [0.717, 1.165) is 48.1 Å². The molecule has 4 rings (SSSR count). The summed E-state index contributed by atoms with van der Waals surface area (Å²) >= 11 is 7.50. The molecular weight excluding hydrogens is 382 g/mol. The predicted octanol–water partition coefficient (Wildman–Crippen LogP) is 4.49. The maximum atomic E-state index is 12.9. The number of unbranched alkanes of at least 4 members (excludes halogenated alkanes) is 1. The highest BCUT2D eigenvalue weighted by Gasteiger charge is 2.23. The molecule has 0 radical (unpaired) electrons. The van der Waals surface area contributed by atoms with Crippen LogP contribution in [0.15, 0.2) is 29.1 Å². The molecule has 2 aromatic heterocycles. The number of hydrogen-bond acceptors (Lipinski definition) is 5. The van der Waals surface area contributed by atoms with Gasteiger partial charge in [0.15, 0.2) is 4.83 Å². The van der Waals surface area contributed by atoms with E-state index in [1.165, 1.54) is 15.1 Å². The van der Waals surface area contributed by atoms with Gasteiger partial charge in [-0.25, -0.2) is 4.68 Å². The Morgan fingerprint density at radius 3 is 2.93 bits per heavy atom. The number of ether oxygens (including phenoxy) is 1. The summed E-state index contributed by atoms with van der Waals surface area (Å²) in [5.74, 6) is 1.48. The van der Waals surface area contributed by atoms with Gasteiger partial charge in [-0.3, -0.25) is 4.79 Å². The summed E-state index contributed by atoms with van der Waals surface area (Å²) in [5, 5.41) is 9.95. The number of halogens is 1. The Bertz CT molecular complexity index is 997. The Balaban J connectivity index is 1.38. The predicted molar refractivity (Wildman–Crippen MR) is 109 cm³/mol. The van der Waals surface area contributed by atoms with Crippen molar-refractivity contribution in [1.82, 2.24) is 15.0 Å². The van der Waals surface area contributed by atoms with Gasteiger partial charge in [0.2, 0.25) is 0 Å². The highest BCUT2D eigenvalue weighted by molar-refractivity contribution is 7.18. The normalized spacial score (nSPS) is 16.4. The first-order valence-electron chi connectivity index (χ1n) is 9.38. The smallest absolute Gasteiger partial charge is 0.278 e. The summed E-state index contributed by atoms with van der Waals surface area (Å²) in [6.45, 7) is 3.42. The minimum Gasteiger partial charge on any atom is -0.494 e. The minimum absolute atomic E-state index is 0.00525. The number of rotatable bonds is 6. The van der Waals surface area contributed by atoms with Gasteiger partial charge in [0.1, 0.15) is 5.75 Å². The lowest BCUT2D eigenvalue weighted by atomic mass is 9.89. The molecular formula is C20H22ClN3O2S. The molecule has 0 N–H and O–H groups in total. The van der Waals surface area contributed by atoms with Gasteiger partial charge in [0.25, 0.3) is 5.56 Å². The van der Waals surface area contributed by atoms with Gasteiger partial charge in [0.05, 0.1) is 12.0 Å². The van der Waals surface area contributed by atoms with Crippen molar-refractivity contribution in [3.63, 3.8) is 0 Å². The van der Waals surface area contributed by atoms with Crippen molar-refractivity contribution in [3.05, 3.63) is 50.1 Å². The largest absolute Gasteiger partial charge is 0.494 e. The number of aryl methyl sites for hydroxylation is 2. The van der Waals surface area contributed by atoms with Gasteiger partial charge in [-0.1, -0.05) is 23.7 Å². The van der Waals surface area contributed by atoms with E-state index in [4.69, 9.17) is 16.3 Å². The first-order chi connectivity index (χ1) is 13.1. The van der Waals surface area contributed by atoms with Crippen molar-refractivity contribution in [2.24, 2.45) is 5.92 Å². The van der Waals surface area contributed by atoms with E-state index in [0.29, 0.717) is 24.1 Å². The molecule has 7 heteroatoms. The summed E-state index contributed by atoms with van der Waals surface area (Å²) in [5.41, 5.74) is 1.22. The number of thiophene rings is 1. The fourth-order valence-corrected chi connectivity index (χ4v) is 4.97. The molecule has 142 valence electrons. The van der Waals surface area contributed by atoms with Crippen molar-refractivity contribution in [2.75, 3.05) is 6.61 Å². The monoisotopic (exact) mass is 403 g/mol. The van der Waals surface area contributed by atoms with Crippen LogP contribution < -0.4 is 10.3 Å². The van der Waals surface area contributed by atoms with Gasteiger partial charge < -0.3 is 4.74 Å². The standard InChI is InChI=1S/C20H22ClN3O2S/c1-13-4-9-16-17(12-13)27-19-18(16)20(25)24(23-22-19)10-2-3-11-26-15-7-5-14(21)6-8-15/h5-8,13H,2-4,9-12H2,1H3/t13-/m1/s1. The second kappa shape index (κ2) is 7.98. The average molecular weight is 404 g/mol. The molecule has 0 amide bonds. The Morgan fingerprint density at radius 1 is 1.30 bits per heavy atom. The quantitative estimate of drug-likeness (QED) is 0.569. The molecule has 0 unspecified atom stereocenters. The highest BCUT2D eigenvalue weighted by Crippen LogP contribution is 2.35. The topological polar surface area (TPSA) is 57.0 Å². The maximum Gasteiger partial charge on any atom is 0.278 e. The third-order valence-corrected chi connectivity index (χ3v) is 6.42. The summed E-state index contributed by atoms with van der Waals surface area (Å²) in [6.07, 6.45) is 4.83. The first-order valence-corrected chi connectivity index (χ1v) is 10.6. The average Bonchev–Trinajstić information content (AvgIpc) is 3.03. The Hall–Kier alpha value is -1.92. The molecule has 1 aromatic carbocycles. The number of aromatic nitrogens is 3. The Kier molecular flexibility index (Phi) is 5.45. The van der Waals surface area contributed by atoms with Gasteiger partial charge in [-0.2, -0.15) is 0 Å². The van der Waals surface area contributed by atoms with Crippen molar-refractivity contribution >= 4 is 33.2 Å². The zero-order valence-electron chi connectivity index (χ0n) is 15.3. The summed E-state index contributed by atoms with van der Waals surface area (Å²) in [7, 11) is 0. The number of hydrogen-bond donors (Lipinski definition) is 0. The van der Waals surface area contributed by atoms with Crippen LogP contribution in [0.2, 0.25) is 5.02 Å². The van der Waals surface area contributed by atoms with E-state index >= 15 is 0 Å². The summed E-state index contributed by atoms with van der Waals surface area (Å²) in [4.78, 5) is 15.0. The fourth-order valence-electron chi connectivity index (χ4n) is 3.52. The molecule has 5 nitrogen and oxygen atoms in total. The van der Waals surface area contributed by atoms with Crippen molar-refractivity contribution in [2.45, 2.75) is 45.6 Å².